The van der Waals surface area contributed by atoms with Crippen molar-refractivity contribution in [3.8, 4) is 11.3 Å². The summed E-state index contributed by atoms with van der Waals surface area (Å²) in [7, 11) is 1.79. The number of nitrogens with zero attached hydrogens (tertiary/aromatic N) is 3. The molecule has 3 heterocycles. The van der Waals surface area contributed by atoms with Crippen molar-refractivity contribution in [3.05, 3.63) is 29.3 Å². The van der Waals surface area contributed by atoms with Gasteiger partial charge in [-0.05, 0) is 12.8 Å². The molecule has 0 unspecified atom stereocenters. The maximum atomic E-state index is 15.0. The highest BCUT2D eigenvalue weighted by Crippen LogP contribution is 2.33. The number of nitrogens with one attached hydrogen (secondary N) is 2. The van der Waals surface area contributed by atoms with Gasteiger partial charge in [-0.2, -0.15) is 5.10 Å². The van der Waals surface area contributed by atoms with Gasteiger partial charge >= 0.3 is 0 Å². The lowest BCUT2D eigenvalue weighted by Gasteiger charge is -2.30. The largest absolute Gasteiger partial charge is 0.412 e. The van der Waals surface area contributed by atoms with E-state index >= 15 is 0 Å². The first-order valence-electron chi connectivity index (χ1n) is 8.56. The molecule has 28 heavy (non-hydrogen) atoms. The molecule has 0 bridgehead atoms. The number of fused-ring (bicyclic) bond motifs is 1. The number of hydrogen-bond acceptors (Lipinski definition) is 5. The Balaban J connectivity index is 0.00000131. The summed E-state index contributed by atoms with van der Waals surface area (Å²) >= 11 is 0. The van der Waals surface area contributed by atoms with Crippen molar-refractivity contribution in [2.75, 3.05) is 5.32 Å². The molecular weight excluding hydrogens is 391 g/mol. The van der Waals surface area contributed by atoms with Gasteiger partial charge in [-0.3, -0.25) is 9.48 Å². The van der Waals surface area contributed by atoms with E-state index in [9.17, 15) is 9.18 Å². The Hall–Kier alpha value is -2.27. The standard InChI is InChI=1S/C17H21FN6O.ClH.2H2O/c1-24-8-9(6-21-24)15-13-10(7-20-17(13)25)14(18)16(23-15)22-12-5-3-2-4-11(12)19;;;/h6,8,11-12H,2-5,7,19H2,1H3,(H,20,25)(H,22,23);1H;2*1H2/t11-,12+;;;/m0.../s1. The molecule has 156 valence electrons. The first-order valence-corrected chi connectivity index (χ1v) is 8.56. The van der Waals surface area contributed by atoms with Gasteiger partial charge in [0.1, 0.15) is 0 Å². The molecule has 4 rings (SSSR count). The summed E-state index contributed by atoms with van der Waals surface area (Å²) in [5, 5.41) is 10.0. The van der Waals surface area contributed by atoms with Crippen molar-refractivity contribution in [1.29, 1.82) is 0 Å². The van der Waals surface area contributed by atoms with Crippen LogP contribution in [0.25, 0.3) is 11.3 Å². The summed E-state index contributed by atoms with van der Waals surface area (Å²) in [6.07, 6.45) is 7.36. The maximum absolute atomic E-state index is 15.0. The van der Waals surface area contributed by atoms with Crippen molar-refractivity contribution in [2.45, 2.75) is 44.3 Å². The number of carbonyl (C=O) groups is 1. The summed E-state index contributed by atoms with van der Waals surface area (Å²) in [6, 6.07) is -0.0367. The van der Waals surface area contributed by atoms with E-state index in [0.29, 0.717) is 22.4 Å². The van der Waals surface area contributed by atoms with Crippen LogP contribution < -0.4 is 16.4 Å². The highest BCUT2D eigenvalue weighted by atomic mass is 35.5. The van der Waals surface area contributed by atoms with Crippen LogP contribution in [0.5, 0.6) is 0 Å². The lowest BCUT2D eigenvalue weighted by molar-refractivity contribution is 0.0966. The van der Waals surface area contributed by atoms with Crippen molar-refractivity contribution < 1.29 is 20.1 Å². The Morgan fingerprint density at radius 1 is 1.32 bits per heavy atom. The quantitative estimate of drug-likeness (QED) is 0.655. The van der Waals surface area contributed by atoms with Crippen LogP contribution in [0.1, 0.15) is 41.6 Å². The summed E-state index contributed by atoms with van der Waals surface area (Å²) in [6.45, 7) is 0.168. The number of aryl methyl sites for hydroxylation is 1. The fourth-order valence-corrected chi connectivity index (χ4v) is 3.64. The number of nitrogens with two attached hydrogens (primary N) is 1. The third-order valence-corrected chi connectivity index (χ3v) is 5.01. The SMILES string of the molecule is Cl.Cn1cc(-c2nc(N[C@@H]3CCCC[C@@H]3N)c(F)c3c2C(=O)NC3)cn1.O.O. The Morgan fingerprint density at radius 2 is 2.04 bits per heavy atom. The molecule has 2 aromatic heterocycles. The number of anilines is 1. The lowest BCUT2D eigenvalue weighted by Crippen LogP contribution is -2.43. The van der Waals surface area contributed by atoms with Crippen LogP contribution in [0, 0.1) is 5.82 Å². The van der Waals surface area contributed by atoms with E-state index in [4.69, 9.17) is 5.73 Å². The zero-order chi connectivity index (χ0) is 17.6. The second-order valence-electron chi connectivity index (χ2n) is 6.76. The third kappa shape index (κ3) is 4.09. The average molecular weight is 417 g/mol. The Bertz CT molecular complexity index is 847. The molecule has 0 spiro atoms. The van der Waals surface area contributed by atoms with Gasteiger partial charge in [0.2, 0.25) is 0 Å². The van der Waals surface area contributed by atoms with Gasteiger partial charge in [-0.25, -0.2) is 9.37 Å². The number of rotatable bonds is 3. The van der Waals surface area contributed by atoms with Crippen molar-refractivity contribution >= 4 is 24.1 Å². The average Bonchev–Trinajstić information content (AvgIpc) is 3.19. The predicted molar refractivity (Wildman–Crippen MR) is 106 cm³/mol. The van der Waals surface area contributed by atoms with Crippen LogP contribution in [0.2, 0.25) is 0 Å². The van der Waals surface area contributed by atoms with Gasteiger partial charge in [0.25, 0.3) is 5.91 Å². The number of hydrogen-bond donors (Lipinski definition) is 3. The van der Waals surface area contributed by atoms with Gasteiger partial charge in [0.05, 0.1) is 17.5 Å². The third-order valence-electron chi connectivity index (χ3n) is 5.01. The Kier molecular flexibility index (Phi) is 7.88. The summed E-state index contributed by atoms with van der Waals surface area (Å²) < 4.78 is 16.6. The van der Waals surface area contributed by atoms with Gasteiger partial charge < -0.3 is 27.3 Å². The monoisotopic (exact) mass is 416 g/mol. The zero-order valence-electron chi connectivity index (χ0n) is 15.5. The van der Waals surface area contributed by atoms with Crippen LogP contribution in [-0.4, -0.2) is 43.7 Å². The Morgan fingerprint density at radius 3 is 2.68 bits per heavy atom. The summed E-state index contributed by atoms with van der Waals surface area (Å²) in [5.74, 6) is -0.614. The van der Waals surface area contributed by atoms with Crippen molar-refractivity contribution in [1.82, 2.24) is 20.1 Å². The van der Waals surface area contributed by atoms with E-state index in [1.807, 2.05) is 0 Å². The van der Waals surface area contributed by atoms with Gasteiger partial charge in [-0.1, -0.05) is 12.8 Å². The molecule has 1 saturated carbocycles. The molecule has 2 atom stereocenters. The Labute approximate surface area is 167 Å². The molecule has 0 radical (unpaired) electrons. The second kappa shape index (κ2) is 9.28. The molecule has 0 saturated heterocycles. The van der Waals surface area contributed by atoms with Crippen molar-refractivity contribution in [3.63, 3.8) is 0 Å². The molecule has 8 N–H and O–H groups in total. The van der Waals surface area contributed by atoms with E-state index in [1.54, 1.807) is 24.1 Å². The molecule has 1 amide bonds. The maximum Gasteiger partial charge on any atom is 0.254 e. The van der Waals surface area contributed by atoms with Crippen LogP contribution in [-0.2, 0) is 13.6 Å². The summed E-state index contributed by atoms with van der Waals surface area (Å²) in [5.41, 5.74) is 7.96. The zero-order valence-corrected chi connectivity index (χ0v) is 16.3. The fraction of sp³-hybridized carbons (Fsp3) is 0.471. The van der Waals surface area contributed by atoms with Gasteiger partial charge in [-0.15, -0.1) is 12.4 Å². The van der Waals surface area contributed by atoms with E-state index in [0.717, 1.165) is 25.7 Å². The first-order chi connectivity index (χ1) is 12.0. The predicted octanol–water partition coefficient (Wildman–Crippen LogP) is 0.319. The fourth-order valence-electron chi connectivity index (χ4n) is 3.64. The molecule has 11 heteroatoms. The summed E-state index contributed by atoms with van der Waals surface area (Å²) in [4.78, 5) is 16.6. The van der Waals surface area contributed by atoms with E-state index in [-0.39, 0.29) is 53.7 Å². The molecular formula is C17H26ClFN6O3. The number of aromatic nitrogens is 3. The number of pyridine rings is 1. The van der Waals surface area contributed by atoms with Crippen LogP contribution in [0.3, 0.4) is 0 Å². The van der Waals surface area contributed by atoms with E-state index in [2.05, 4.69) is 20.7 Å². The first kappa shape index (κ1) is 23.8. The lowest BCUT2D eigenvalue weighted by atomic mass is 9.91. The molecule has 1 fully saturated rings. The highest BCUT2D eigenvalue weighted by Gasteiger charge is 2.32. The number of halogens is 2. The second-order valence-corrected chi connectivity index (χ2v) is 6.76. The van der Waals surface area contributed by atoms with Gasteiger partial charge in [0, 0.05) is 43.0 Å². The van der Waals surface area contributed by atoms with Crippen molar-refractivity contribution in [2.24, 2.45) is 12.8 Å². The molecule has 2 aliphatic rings. The van der Waals surface area contributed by atoms with E-state index < -0.39 is 5.82 Å². The van der Waals surface area contributed by atoms with Crippen LogP contribution in [0.15, 0.2) is 12.4 Å². The smallest absolute Gasteiger partial charge is 0.254 e. The minimum absolute atomic E-state index is 0. The number of carbonyl (C=O) groups excluding carboxylic acids is 1. The topological polar surface area (TPSA) is 161 Å². The van der Waals surface area contributed by atoms with Gasteiger partial charge in [0.15, 0.2) is 11.6 Å². The van der Waals surface area contributed by atoms with Crippen LogP contribution >= 0.6 is 12.4 Å². The molecule has 0 aromatic carbocycles. The molecule has 2 aromatic rings. The molecule has 9 nitrogen and oxygen atoms in total. The normalized spacial score (nSPS) is 20.2. The minimum atomic E-state index is -0.473. The molecule has 1 aliphatic carbocycles. The van der Waals surface area contributed by atoms with E-state index in [1.165, 1.54) is 0 Å². The molecule has 1 aliphatic heterocycles. The minimum Gasteiger partial charge on any atom is -0.412 e. The number of amides is 1. The van der Waals surface area contributed by atoms with Crippen LogP contribution in [0.4, 0.5) is 10.2 Å². The highest BCUT2D eigenvalue weighted by molar-refractivity contribution is 6.04.